The Hall–Kier alpha value is -1.10. The van der Waals surface area contributed by atoms with Gasteiger partial charge in [0.05, 0.1) is 19.3 Å². The van der Waals surface area contributed by atoms with E-state index >= 15 is 0 Å². The Morgan fingerprint density at radius 1 is 1.24 bits per heavy atom. The minimum Gasteiger partial charge on any atom is -0.390 e. The van der Waals surface area contributed by atoms with E-state index in [0.29, 0.717) is 13.1 Å². The maximum absolute atomic E-state index is 9.92. The fraction of sp³-hybridized carbons (Fsp3) is 0.538. The molecule has 4 heteroatoms. The quantitative estimate of drug-likeness (QED) is 0.793. The van der Waals surface area contributed by atoms with Gasteiger partial charge in [0.2, 0.25) is 0 Å². The number of anilines is 1. The first-order valence-corrected chi connectivity index (χ1v) is 6.11. The predicted molar refractivity (Wildman–Crippen MR) is 68.2 cm³/mol. The van der Waals surface area contributed by atoms with Crippen LogP contribution in [-0.4, -0.2) is 55.5 Å². The number of nitrogens with one attached hydrogen (secondary N) is 1. The highest BCUT2D eigenvalue weighted by atomic mass is 16.5. The molecule has 0 aliphatic carbocycles. The molecule has 1 aliphatic heterocycles. The standard InChI is InChI=1S/C13H20N2O2/c16-13(11-15-6-8-17-9-7-15)10-14-12-4-2-1-3-5-12/h1-5,13-14,16H,6-11H2. The molecule has 94 valence electrons. The third-order valence-corrected chi connectivity index (χ3v) is 2.89. The Balaban J connectivity index is 1.68. The van der Waals surface area contributed by atoms with Crippen LogP contribution in [0, 0.1) is 0 Å². The van der Waals surface area contributed by atoms with Crippen molar-refractivity contribution in [3.05, 3.63) is 30.3 Å². The molecule has 0 amide bonds. The smallest absolute Gasteiger partial charge is 0.0839 e. The van der Waals surface area contributed by atoms with Crippen LogP contribution in [0.2, 0.25) is 0 Å². The van der Waals surface area contributed by atoms with Gasteiger partial charge < -0.3 is 15.2 Å². The molecule has 4 nitrogen and oxygen atoms in total. The average molecular weight is 236 g/mol. The van der Waals surface area contributed by atoms with Crippen LogP contribution in [0.25, 0.3) is 0 Å². The second-order valence-corrected chi connectivity index (χ2v) is 4.31. The molecule has 1 unspecified atom stereocenters. The summed E-state index contributed by atoms with van der Waals surface area (Å²) >= 11 is 0. The topological polar surface area (TPSA) is 44.7 Å². The molecule has 1 fully saturated rings. The van der Waals surface area contributed by atoms with Crippen LogP contribution in [0.4, 0.5) is 5.69 Å². The molecule has 1 aromatic rings. The second-order valence-electron chi connectivity index (χ2n) is 4.31. The third-order valence-electron chi connectivity index (χ3n) is 2.89. The highest BCUT2D eigenvalue weighted by Gasteiger charge is 2.14. The highest BCUT2D eigenvalue weighted by molar-refractivity contribution is 5.42. The minimum atomic E-state index is -0.340. The summed E-state index contributed by atoms with van der Waals surface area (Å²) in [5.41, 5.74) is 1.05. The number of nitrogens with zero attached hydrogens (tertiary/aromatic N) is 1. The van der Waals surface area contributed by atoms with Gasteiger partial charge in [0, 0.05) is 31.9 Å². The molecule has 17 heavy (non-hydrogen) atoms. The summed E-state index contributed by atoms with van der Waals surface area (Å²) in [6, 6.07) is 9.95. The number of ether oxygens (including phenoxy) is 1. The van der Waals surface area contributed by atoms with E-state index in [1.807, 2.05) is 30.3 Å². The monoisotopic (exact) mass is 236 g/mol. The summed E-state index contributed by atoms with van der Waals surface area (Å²) in [5, 5.41) is 13.1. The molecular weight excluding hydrogens is 216 g/mol. The summed E-state index contributed by atoms with van der Waals surface area (Å²) in [5.74, 6) is 0. The average Bonchev–Trinajstić information content (AvgIpc) is 2.39. The van der Waals surface area contributed by atoms with Gasteiger partial charge in [-0.2, -0.15) is 0 Å². The lowest BCUT2D eigenvalue weighted by Gasteiger charge is -2.28. The molecule has 1 atom stereocenters. The van der Waals surface area contributed by atoms with Crippen molar-refractivity contribution < 1.29 is 9.84 Å². The van der Waals surface area contributed by atoms with E-state index in [-0.39, 0.29) is 6.10 Å². The van der Waals surface area contributed by atoms with Gasteiger partial charge >= 0.3 is 0 Å². The van der Waals surface area contributed by atoms with Crippen LogP contribution in [0.15, 0.2) is 30.3 Å². The van der Waals surface area contributed by atoms with Crippen molar-refractivity contribution >= 4 is 5.69 Å². The molecular formula is C13H20N2O2. The number of hydrogen-bond acceptors (Lipinski definition) is 4. The van der Waals surface area contributed by atoms with Crippen LogP contribution in [0.3, 0.4) is 0 Å². The molecule has 0 spiro atoms. The van der Waals surface area contributed by atoms with Gasteiger partial charge in [-0.05, 0) is 12.1 Å². The number of para-hydroxylation sites is 1. The van der Waals surface area contributed by atoms with E-state index in [2.05, 4.69) is 10.2 Å². The molecule has 1 aromatic carbocycles. The Bertz CT molecular complexity index is 312. The second kappa shape index (κ2) is 6.59. The fourth-order valence-electron chi connectivity index (χ4n) is 1.94. The molecule has 1 saturated heterocycles. The molecule has 0 aromatic heterocycles. The van der Waals surface area contributed by atoms with Crippen molar-refractivity contribution in [3.8, 4) is 0 Å². The van der Waals surface area contributed by atoms with Crippen molar-refractivity contribution in [3.63, 3.8) is 0 Å². The first-order chi connectivity index (χ1) is 8.34. The van der Waals surface area contributed by atoms with E-state index < -0.39 is 0 Å². The molecule has 2 N–H and O–H groups in total. The normalized spacial score (nSPS) is 18.9. The summed E-state index contributed by atoms with van der Waals surface area (Å²) in [7, 11) is 0. The molecule has 1 heterocycles. The summed E-state index contributed by atoms with van der Waals surface area (Å²) in [6.07, 6.45) is -0.340. The number of β-amino-alcohol motifs (C(OH)–C–C–N with tert-alkyl or cyclic N) is 1. The molecule has 2 rings (SSSR count). The van der Waals surface area contributed by atoms with E-state index in [9.17, 15) is 5.11 Å². The zero-order valence-electron chi connectivity index (χ0n) is 10.0. The fourth-order valence-corrected chi connectivity index (χ4v) is 1.94. The zero-order chi connectivity index (χ0) is 11.9. The van der Waals surface area contributed by atoms with Crippen LogP contribution < -0.4 is 5.32 Å². The van der Waals surface area contributed by atoms with Crippen LogP contribution in [0.5, 0.6) is 0 Å². The van der Waals surface area contributed by atoms with Crippen molar-refractivity contribution in [2.24, 2.45) is 0 Å². The van der Waals surface area contributed by atoms with Crippen LogP contribution in [-0.2, 0) is 4.74 Å². The van der Waals surface area contributed by atoms with Gasteiger partial charge in [0.1, 0.15) is 0 Å². The maximum atomic E-state index is 9.92. The Morgan fingerprint density at radius 2 is 1.94 bits per heavy atom. The van der Waals surface area contributed by atoms with Gasteiger partial charge in [0.15, 0.2) is 0 Å². The number of morpholine rings is 1. The largest absolute Gasteiger partial charge is 0.390 e. The van der Waals surface area contributed by atoms with Crippen LogP contribution in [0.1, 0.15) is 0 Å². The van der Waals surface area contributed by atoms with Gasteiger partial charge in [0.25, 0.3) is 0 Å². The van der Waals surface area contributed by atoms with Crippen molar-refractivity contribution in [2.45, 2.75) is 6.10 Å². The number of benzene rings is 1. The van der Waals surface area contributed by atoms with E-state index in [1.54, 1.807) is 0 Å². The summed E-state index contributed by atoms with van der Waals surface area (Å²) in [4.78, 5) is 2.24. The molecule has 1 aliphatic rings. The Labute approximate surface area is 102 Å². The predicted octanol–water partition coefficient (Wildman–Crippen LogP) is 0.792. The van der Waals surface area contributed by atoms with Gasteiger partial charge in [-0.1, -0.05) is 18.2 Å². The number of hydrogen-bond donors (Lipinski definition) is 2. The Morgan fingerprint density at radius 3 is 2.65 bits per heavy atom. The molecule has 0 bridgehead atoms. The first-order valence-electron chi connectivity index (χ1n) is 6.11. The van der Waals surface area contributed by atoms with E-state index in [0.717, 1.165) is 32.0 Å². The SMILES string of the molecule is OC(CNc1ccccc1)CN1CCOCC1. The van der Waals surface area contributed by atoms with E-state index in [1.165, 1.54) is 0 Å². The maximum Gasteiger partial charge on any atom is 0.0839 e. The number of rotatable bonds is 5. The van der Waals surface area contributed by atoms with Gasteiger partial charge in [-0.3, -0.25) is 4.90 Å². The van der Waals surface area contributed by atoms with Crippen LogP contribution >= 0.6 is 0 Å². The third kappa shape index (κ3) is 4.34. The van der Waals surface area contributed by atoms with Gasteiger partial charge in [-0.25, -0.2) is 0 Å². The Kier molecular flexibility index (Phi) is 4.79. The lowest BCUT2D eigenvalue weighted by molar-refractivity contribution is 0.0171. The molecule has 0 radical (unpaired) electrons. The van der Waals surface area contributed by atoms with Gasteiger partial charge in [-0.15, -0.1) is 0 Å². The molecule has 0 saturated carbocycles. The van der Waals surface area contributed by atoms with Crippen molar-refractivity contribution in [2.75, 3.05) is 44.7 Å². The zero-order valence-corrected chi connectivity index (χ0v) is 10.0. The highest BCUT2D eigenvalue weighted by Crippen LogP contribution is 2.05. The summed E-state index contributed by atoms with van der Waals surface area (Å²) in [6.45, 7) is 4.69. The number of aliphatic hydroxyl groups excluding tert-OH is 1. The lowest BCUT2D eigenvalue weighted by Crippen LogP contribution is -2.42. The van der Waals surface area contributed by atoms with E-state index in [4.69, 9.17) is 4.74 Å². The first kappa shape index (κ1) is 12.4. The van der Waals surface area contributed by atoms with Crippen molar-refractivity contribution in [1.29, 1.82) is 0 Å². The number of aliphatic hydroxyl groups is 1. The lowest BCUT2D eigenvalue weighted by atomic mass is 10.2. The summed E-state index contributed by atoms with van der Waals surface area (Å²) < 4.78 is 5.27. The van der Waals surface area contributed by atoms with Crippen molar-refractivity contribution in [1.82, 2.24) is 4.90 Å². The minimum absolute atomic E-state index is 0.340.